The number of rotatable bonds is 48. The second-order valence-electron chi connectivity index (χ2n) is 17.8. The fraction of sp³-hybridized carbons (Fsp3) is 0.741. The van der Waals surface area contributed by atoms with Gasteiger partial charge in [-0.05, 0) is 103 Å². The van der Waals surface area contributed by atoms with Crippen LogP contribution in [0, 0.1) is 0 Å². The Balaban J connectivity index is 4.42. The molecule has 368 valence electrons. The van der Waals surface area contributed by atoms with Crippen molar-refractivity contribution < 1.29 is 28.6 Å². The molecule has 6 heteroatoms. The number of hydrogen-bond donors (Lipinski definition) is 0. The lowest BCUT2D eigenvalue weighted by Gasteiger charge is -2.18. The van der Waals surface area contributed by atoms with Gasteiger partial charge in [-0.1, -0.05) is 209 Å². The standard InChI is InChI=1S/C58H100O6/c1-4-7-10-13-16-19-22-25-28-29-30-31-34-36-39-42-45-48-51-57(60)63-54-55(64-58(61)52-49-46-43-40-37-33-27-24-21-18-15-12-9-6-3)53-62-56(59)50-47-44-41-38-35-32-26-23-20-17-14-11-8-5-2/h14-15,17-19,22-24,26-29,55H,4-13,16,20-21,25,30-54H2,1-3H3/b17-14-,18-15-,22-19-,26-23-,27-24-,29-28-. The molecular formula is C58H100O6. The van der Waals surface area contributed by atoms with Crippen LogP contribution in [0.25, 0.3) is 0 Å². The number of ether oxygens (including phenoxy) is 3. The third-order valence-corrected chi connectivity index (χ3v) is 11.4. The van der Waals surface area contributed by atoms with Crippen molar-refractivity contribution in [2.24, 2.45) is 0 Å². The van der Waals surface area contributed by atoms with Gasteiger partial charge in [-0.15, -0.1) is 0 Å². The average Bonchev–Trinajstić information content (AvgIpc) is 3.29. The van der Waals surface area contributed by atoms with Crippen LogP contribution in [0.1, 0.15) is 258 Å². The monoisotopic (exact) mass is 893 g/mol. The van der Waals surface area contributed by atoms with Crippen molar-refractivity contribution in [2.75, 3.05) is 13.2 Å². The topological polar surface area (TPSA) is 78.9 Å². The van der Waals surface area contributed by atoms with Crippen molar-refractivity contribution in [3.8, 4) is 0 Å². The molecule has 0 amide bonds. The molecule has 0 rings (SSSR count). The van der Waals surface area contributed by atoms with E-state index in [0.717, 1.165) is 122 Å². The summed E-state index contributed by atoms with van der Waals surface area (Å²) in [6, 6.07) is 0. The van der Waals surface area contributed by atoms with Crippen molar-refractivity contribution in [3.05, 3.63) is 72.9 Å². The number of hydrogen-bond acceptors (Lipinski definition) is 6. The molecule has 0 bridgehead atoms. The van der Waals surface area contributed by atoms with Crippen molar-refractivity contribution in [1.82, 2.24) is 0 Å². The number of unbranched alkanes of at least 4 members (excludes halogenated alkanes) is 25. The summed E-state index contributed by atoms with van der Waals surface area (Å²) in [5, 5.41) is 0. The molecule has 6 nitrogen and oxygen atoms in total. The fourth-order valence-corrected chi connectivity index (χ4v) is 7.27. The molecule has 0 saturated carbocycles. The summed E-state index contributed by atoms with van der Waals surface area (Å²) in [5.41, 5.74) is 0. The lowest BCUT2D eigenvalue weighted by molar-refractivity contribution is -0.167. The quantitative estimate of drug-likeness (QED) is 0.0262. The Morgan fingerprint density at radius 2 is 0.578 bits per heavy atom. The van der Waals surface area contributed by atoms with Gasteiger partial charge in [-0.3, -0.25) is 14.4 Å². The molecule has 0 heterocycles. The van der Waals surface area contributed by atoms with Crippen LogP contribution in [0.3, 0.4) is 0 Å². The van der Waals surface area contributed by atoms with E-state index in [0.29, 0.717) is 19.3 Å². The van der Waals surface area contributed by atoms with E-state index in [-0.39, 0.29) is 31.1 Å². The molecule has 0 spiro atoms. The molecule has 0 N–H and O–H groups in total. The van der Waals surface area contributed by atoms with Gasteiger partial charge in [0.05, 0.1) is 0 Å². The average molecular weight is 893 g/mol. The van der Waals surface area contributed by atoms with Gasteiger partial charge >= 0.3 is 17.9 Å². The molecule has 64 heavy (non-hydrogen) atoms. The van der Waals surface area contributed by atoms with Crippen LogP contribution in [0.15, 0.2) is 72.9 Å². The highest BCUT2D eigenvalue weighted by Crippen LogP contribution is 2.14. The van der Waals surface area contributed by atoms with Crippen molar-refractivity contribution in [2.45, 2.75) is 264 Å². The van der Waals surface area contributed by atoms with Crippen LogP contribution in [0.2, 0.25) is 0 Å². The molecule has 0 fully saturated rings. The second kappa shape index (κ2) is 52.5. The first-order valence-electron chi connectivity index (χ1n) is 26.9. The maximum Gasteiger partial charge on any atom is 0.306 e. The number of carbonyl (C=O) groups excluding carboxylic acids is 3. The highest BCUT2D eigenvalue weighted by Gasteiger charge is 2.19. The maximum atomic E-state index is 12.8. The van der Waals surface area contributed by atoms with Gasteiger partial charge in [0.25, 0.3) is 0 Å². The van der Waals surface area contributed by atoms with Gasteiger partial charge in [-0.2, -0.15) is 0 Å². The molecule has 0 aliphatic rings. The van der Waals surface area contributed by atoms with Gasteiger partial charge in [0.2, 0.25) is 0 Å². The Morgan fingerprint density at radius 3 is 0.906 bits per heavy atom. The largest absolute Gasteiger partial charge is 0.462 e. The summed E-state index contributed by atoms with van der Waals surface area (Å²) in [6.07, 6.45) is 65.9. The minimum atomic E-state index is -0.791. The molecule has 0 aromatic carbocycles. The van der Waals surface area contributed by atoms with E-state index < -0.39 is 6.10 Å². The van der Waals surface area contributed by atoms with Crippen LogP contribution in [-0.4, -0.2) is 37.2 Å². The third kappa shape index (κ3) is 49.9. The fourth-order valence-electron chi connectivity index (χ4n) is 7.27. The predicted octanol–water partition coefficient (Wildman–Crippen LogP) is 17.8. The van der Waals surface area contributed by atoms with Crippen LogP contribution in [0.5, 0.6) is 0 Å². The first-order valence-corrected chi connectivity index (χ1v) is 26.9. The van der Waals surface area contributed by atoms with E-state index in [1.807, 2.05) is 0 Å². The molecule has 1 atom stereocenters. The summed E-state index contributed by atoms with van der Waals surface area (Å²) in [6.45, 7) is 6.52. The zero-order chi connectivity index (χ0) is 46.5. The normalized spacial score (nSPS) is 12.6. The van der Waals surface area contributed by atoms with E-state index in [1.54, 1.807) is 0 Å². The number of carbonyl (C=O) groups is 3. The van der Waals surface area contributed by atoms with E-state index in [2.05, 4.69) is 93.7 Å². The van der Waals surface area contributed by atoms with Crippen LogP contribution in [-0.2, 0) is 28.6 Å². The summed E-state index contributed by atoms with van der Waals surface area (Å²) in [7, 11) is 0. The summed E-state index contributed by atoms with van der Waals surface area (Å²) in [5.74, 6) is -0.922. The van der Waals surface area contributed by atoms with E-state index >= 15 is 0 Å². The number of allylic oxidation sites excluding steroid dienone is 12. The molecule has 0 aromatic rings. The van der Waals surface area contributed by atoms with E-state index in [9.17, 15) is 14.4 Å². The zero-order valence-electron chi connectivity index (χ0n) is 42.0. The van der Waals surface area contributed by atoms with Crippen LogP contribution >= 0.6 is 0 Å². The van der Waals surface area contributed by atoms with E-state index in [1.165, 1.54) is 96.3 Å². The summed E-state index contributed by atoms with van der Waals surface area (Å²) in [4.78, 5) is 38.0. The molecule has 0 radical (unpaired) electrons. The highest BCUT2D eigenvalue weighted by atomic mass is 16.6. The lowest BCUT2D eigenvalue weighted by atomic mass is 10.1. The van der Waals surface area contributed by atoms with Crippen molar-refractivity contribution in [1.29, 1.82) is 0 Å². The molecule has 0 saturated heterocycles. The number of esters is 3. The Bertz CT molecular complexity index is 1210. The zero-order valence-corrected chi connectivity index (χ0v) is 42.0. The lowest BCUT2D eigenvalue weighted by Crippen LogP contribution is -2.30. The molecule has 0 aliphatic heterocycles. The first-order chi connectivity index (χ1) is 31.5. The van der Waals surface area contributed by atoms with Gasteiger partial charge < -0.3 is 14.2 Å². The Morgan fingerprint density at radius 1 is 0.312 bits per heavy atom. The van der Waals surface area contributed by atoms with Crippen LogP contribution in [0.4, 0.5) is 0 Å². The Kier molecular flexibility index (Phi) is 49.9. The molecule has 0 aliphatic carbocycles. The minimum absolute atomic E-state index is 0.0900. The third-order valence-electron chi connectivity index (χ3n) is 11.4. The predicted molar refractivity (Wildman–Crippen MR) is 274 cm³/mol. The summed E-state index contributed by atoms with van der Waals surface area (Å²) < 4.78 is 16.8. The molecule has 1 unspecified atom stereocenters. The smallest absolute Gasteiger partial charge is 0.306 e. The van der Waals surface area contributed by atoms with E-state index in [4.69, 9.17) is 14.2 Å². The van der Waals surface area contributed by atoms with Crippen molar-refractivity contribution in [3.63, 3.8) is 0 Å². The Hall–Kier alpha value is -3.15. The van der Waals surface area contributed by atoms with Gasteiger partial charge in [0.15, 0.2) is 6.10 Å². The second-order valence-corrected chi connectivity index (χ2v) is 17.8. The molecular weight excluding hydrogens is 793 g/mol. The maximum absolute atomic E-state index is 12.8. The Labute approximate surface area is 395 Å². The first kappa shape index (κ1) is 60.9. The van der Waals surface area contributed by atoms with Gasteiger partial charge in [0, 0.05) is 19.3 Å². The molecule has 0 aromatic heterocycles. The van der Waals surface area contributed by atoms with Gasteiger partial charge in [-0.25, -0.2) is 0 Å². The van der Waals surface area contributed by atoms with Crippen LogP contribution < -0.4 is 0 Å². The van der Waals surface area contributed by atoms with Gasteiger partial charge in [0.1, 0.15) is 13.2 Å². The highest BCUT2D eigenvalue weighted by molar-refractivity contribution is 5.71. The minimum Gasteiger partial charge on any atom is -0.462 e. The SMILES string of the molecule is CCCC/C=C\C/C=C\CCCCCCCC(=O)OCC(COC(=O)CCCCCCCCC/C=C\C/C=C\CCCCCC)OC(=O)CCCCCCC/C=C\C/C=C\CCCC. The van der Waals surface area contributed by atoms with Crippen molar-refractivity contribution >= 4 is 17.9 Å². The summed E-state index contributed by atoms with van der Waals surface area (Å²) >= 11 is 0.